The molecule has 0 unspecified atom stereocenters. The van der Waals surface area contributed by atoms with Crippen molar-refractivity contribution in [2.24, 2.45) is 0 Å². The van der Waals surface area contributed by atoms with Crippen LogP contribution in [0.4, 0.5) is 0 Å². The van der Waals surface area contributed by atoms with Crippen LogP contribution in [0.25, 0.3) is 27.6 Å². The van der Waals surface area contributed by atoms with Crippen molar-refractivity contribution in [3.8, 4) is 11.1 Å². The van der Waals surface area contributed by atoms with Crippen LogP contribution in [-0.2, 0) is 23.3 Å². The van der Waals surface area contributed by atoms with Crippen LogP contribution in [0.2, 0.25) is 0 Å². The van der Waals surface area contributed by atoms with Gasteiger partial charge in [0.25, 0.3) is 0 Å². The van der Waals surface area contributed by atoms with Crippen LogP contribution in [0, 0.1) is 18.4 Å². The molecule has 3 aromatic carbocycles. The third-order valence-corrected chi connectivity index (χ3v) is 3.51. The molecule has 0 fully saturated rings. The summed E-state index contributed by atoms with van der Waals surface area (Å²) in [5, 5.41) is 2.63. The van der Waals surface area contributed by atoms with E-state index in [1.807, 2.05) is 20.8 Å². The van der Waals surface area contributed by atoms with Crippen molar-refractivity contribution in [2.45, 2.75) is 26.3 Å². The quantitative estimate of drug-likeness (QED) is 0.151. The standard InChI is InChI=1S/C15H10I.C4H10N.2CH3.2ClH.Si.Zr/c16-15-7-5-11(6-8-15)14-9-12-3-1-2-4-13(12)10-14;1-4(2,3)5;;;;;;/h1-10H;5H,1-3H3;2*1H3;2*1H;;/q4*-1;;;;. The van der Waals surface area contributed by atoms with Gasteiger partial charge in [-0.1, -0.05) is 68.8 Å². The second-order valence-electron chi connectivity index (χ2n) is 6.13. The Morgan fingerprint density at radius 3 is 1.81 bits per heavy atom. The van der Waals surface area contributed by atoms with Gasteiger partial charge in [0, 0.05) is 3.57 Å². The number of nitrogens with one attached hydrogen (secondary N) is 1. The Kier molecular flexibility index (Phi) is 22.3. The predicted octanol–water partition coefficient (Wildman–Crippen LogP) is 8.03. The summed E-state index contributed by atoms with van der Waals surface area (Å²) < 4.78 is 1.28. The maximum atomic E-state index is 6.94. The Bertz CT molecular complexity index is 701. The van der Waals surface area contributed by atoms with Crippen molar-refractivity contribution >= 4 is 65.1 Å². The Morgan fingerprint density at radius 2 is 1.37 bits per heavy atom. The van der Waals surface area contributed by atoms with Gasteiger partial charge in [0.15, 0.2) is 0 Å². The zero-order chi connectivity index (χ0) is 17.5. The van der Waals surface area contributed by atoms with Gasteiger partial charge in [-0.15, -0.1) is 64.9 Å². The van der Waals surface area contributed by atoms with Crippen LogP contribution in [-0.4, -0.2) is 12.4 Å². The summed E-state index contributed by atoms with van der Waals surface area (Å²) in [7, 11) is 0. The number of hydrogen-bond donors (Lipinski definition) is 0. The summed E-state index contributed by atoms with van der Waals surface area (Å²) in [5.74, 6) is 0. The van der Waals surface area contributed by atoms with E-state index in [1.165, 1.54) is 48.8 Å². The molecule has 6 heteroatoms. The minimum atomic E-state index is -0.250. The van der Waals surface area contributed by atoms with Gasteiger partial charge in [-0.25, -0.2) is 0 Å². The Hall–Kier alpha value is 0.420. The Morgan fingerprint density at radius 1 is 0.926 bits per heavy atom. The van der Waals surface area contributed by atoms with E-state index in [1.54, 1.807) is 0 Å². The van der Waals surface area contributed by atoms with E-state index >= 15 is 0 Å². The van der Waals surface area contributed by atoms with Crippen molar-refractivity contribution in [3.63, 3.8) is 0 Å². The second kappa shape index (κ2) is 17.3. The summed E-state index contributed by atoms with van der Waals surface area (Å²) in [6.45, 7) is 8.62. The van der Waals surface area contributed by atoms with Crippen LogP contribution in [0.5, 0.6) is 0 Å². The fourth-order valence-electron chi connectivity index (χ4n) is 1.96. The molecule has 1 nitrogen and oxygen atoms in total. The fraction of sp³-hybridized carbons (Fsp3) is 0.190. The predicted molar refractivity (Wildman–Crippen MR) is 135 cm³/mol. The van der Waals surface area contributed by atoms with E-state index in [-0.39, 0.29) is 45.2 Å². The van der Waals surface area contributed by atoms with Gasteiger partial charge in [-0.3, -0.25) is 0 Å². The normalized spacial score (nSPS) is 8.74. The van der Waals surface area contributed by atoms with Crippen LogP contribution >= 0.6 is 47.4 Å². The number of hydrogen-bond acceptors (Lipinski definition) is 0. The van der Waals surface area contributed by atoms with E-state index in [2.05, 4.69) is 90.1 Å². The van der Waals surface area contributed by atoms with Crippen molar-refractivity contribution in [1.29, 1.82) is 0 Å². The molecule has 0 aromatic heterocycles. The van der Waals surface area contributed by atoms with Gasteiger partial charge >= 0.3 is 30.2 Å². The monoisotopic (exact) mass is 609 g/mol. The van der Waals surface area contributed by atoms with Crippen molar-refractivity contribution in [3.05, 3.63) is 84.8 Å². The molecule has 0 aliphatic rings. The molecule has 2 radical (unpaired) electrons. The molecule has 3 aromatic rings. The molecular weight excluding hydrogens is 583 g/mol. The van der Waals surface area contributed by atoms with Crippen molar-refractivity contribution in [1.82, 2.24) is 0 Å². The third-order valence-electron chi connectivity index (χ3n) is 2.80. The number of rotatable bonds is 1. The van der Waals surface area contributed by atoms with Crippen LogP contribution in [0.3, 0.4) is 0 Å². The molecule has 0 heterocycles. The SMILES string of the molecule is CC(C)(C)[NH-].Cl.Cl.Ic1ccc(-c2cc3ccccc3[cH-]2)cc1.[CH3-].[CH3-].[Si]=[Zr]. The van der Waals surface area contributed by atoms with Crippen LogP contribution in [0.15, 0.2) is 60.7 Å². The zero-order valence-corrected chi connectivity index (χ0v) is 23.7. The first-order valence-corrected chi connectivity index (χ1v) is 12.5. The van der Waals surface area contributed by atoms with Gasteiger partial charge in [0.2, 0.25) is 0 Å². The topological polar surface area (TPSA) is 23.8 Å². The average Bonchev–Trinajstić information content (AvgIpc) is 2.92. The van der Waals surface area contributed by atoms with Gasteiger partial charge in [0.05, 0.1) is 0 Å². The number of fused-ring (bicyclic) bond motifs is 1. The molecular formula is C21H28Cl2INSiZr-4. The second-order valence-corrected chi connectivity index (χ2v) is 7.38. The van der Waals surface area contributed by atoms with E-state index < -0.39 is 0 Å². The van der Waals surface area contributed by atoms with Gasteiger partial charge in [-0.05, 0) is 22.6 Å². The first-order chi connectivity index (χ1) is 10.8. The first kappa shape index (κ1) is 34.9. The molecule has 0 amide bonds. The Labute approximate surface area is 208 Å². The summed E-state index contributed by atoms with van der Waals surface area (Å²) in [4.78, 5) is 0. The number of benzene rings is 2. The first-order valence-electron chi connectivity index (χ1n) is 7.24. The maximum absolute atomic E-state index is 6.94. The van der Waals surface area contributed by atoms with Crippen molar-refractivity contribution in [2.75, 3.05) is 0 Å². The van der Waals surface area contributed by atoms with E-state index in [0.29, 0.717) is 0 Å². The molecule has 3 rings (SSSR count). The fourth-order valence-corrected chi connectivity index (χ4v) is 2.32. The molecule has 27 heavy (non-hydrogen) atoms. The average molecular weight is 612 g/mol. The molecule has 0 saturated carbocycles. The minimum absolute atomic E-state index is 0. The van der Waals surface area contributed by atoms with E-state index in [0.717, 1.165) is 0 Å². The van der Waals surface area contributed by atoms with Gasteiger partial charge in [0.1, 0.15) is 0 Å². The van der Waals surface area contributed by atoms with Crippen LogP contribution < -0.4 is 0 Å². The molecule has 0 aliphatic carbocycles. The molecule has 0 saturated heterocycles. The summed E-state index contributed by atoms with van der Waals surface area (Å²) in [5.41, 5.74) is 9.28. The molecule has 0 aliphatic heterocycles. The molecule has 0 spiro atoms. The molecule has 0 atom stereocenters. The van der Waals surface area contributed by atoms with Gasteiger partial charge < -0.3 is 20.6 Å². The third kappa shape index (κ3) is 14.1. The Balaban J connectivity index is -0.000000214. The molecule has 0 bridgehead atoms. The molecule has 1 N–H and O–H groups in total. The van der Waals surface area contributed by atoms with E-state index in [9.17, 15) is 0 Å². The van der Waals surface area contributed by atoms with E-state index in [4.69, 9.17) is 5.73 Å². The summed E-state index contributed by atoms with van der Waals surface area (Å²) in [6.07, 6.45) is 0. The summed E-state index contributed by atoms with van der Waals surface area (Å²) >= 11 is 3.69. The molecule has 150 valence electrons. The summed E-state index contributed by atoms with van der Waals surface area (Å²) in [6, 6.07) is 21.6. The van der Waals surface area contributed by atoms with Crippen molar-refractivity contribution < 1.29 is 23.3 Å². The van der Waals surface area contributed by atoms with Gasteiger partial charge in [-0.2, -0.15) is 0 Å². The number of halogens is 3. The zero-order valence-electron chi connectivity index (χ0n) is 16.5. The van der Waals surface area contributed by atoms with Crippen LogP contribution in [0.1, 0.15) is 20.8 Å².